The molecular formula is C8H16N2O3S. The first-order valence-corrected chi connectivity index (χ1v) is 6.75. The van der Waals surface area contributed by atoms with E-state index in [-0.39, 0.29) is 24.4 Å². The van der Waals surface area contributed by atoms with Gasteiger partial charge in [0.15, 0.2) is 0 Å². The fraction of sp³-hybridized carbons (Fsp3) is 0.875. The molecule has 14 heavy (non-hydrogen) atoms. The van der Waals surface area contributed by atoms with Crippen molar-refractivity contribution in [3.8, 4) is 0 Å². The summed E-state index contributed by atoms with van der Waals surface area (Å²) in [5.41, 5.74) is 0. The van der Waals surface area contributed by atoms with Crippen molar-refractivity contribution < 1.29 is 13.2 Å². The van der Waals surface area contributed by atoms with E-state index in [4.69, 9.17) is 0 Å². The zero-order valence-electron chi connectivity index (χ0n) is 8.25. The van der Waals surface area contributed by atoms with Crippen LogP contribution in [-0.4, -0.2) is 39.0 Å². The highest BCUT2D eigenvalue weighted by molar-refractivity contribution is 7.90. The van der Waals surface area contributed by atoms with Crippen molar-refractivity contribution in [3.05, 3.63) is 0 Å². The van der Waals surface area contributed by atoms with Crippen LogP contribution in [0.5, 0.6) is 0 Å². The molecule has 0 bridgehead atoms. The third kappa shape index (κ3) is 4.45. The average molecular weight is 220 g/mol. The van der Waals surface area contributed by atoms with Crippen LogP contribution >= 0.6 is 0 Å². The molecule has 2 N–H and O–H groups in total. The van der Waals surface area contributed by atoms with Crippen LogP contribution in [0, 0.1) is 0 Å². The maximum atomic E-state index is 11.1. The zero-order chi connectivity index (χ0) is 10.6. The number of carbonyl (C=O) groups excluding carboxylic acids is 1. The number of urea groups is 1. The van der Waals surface area contributed by atoms with Crippen LogP contribution in [0.3, 0.4) is 0 Å². The summed E-state index contributed by atoms with van der Waals surface area (Å²) in [4.78, 5) is 11.1. The number of carbonyl (C=O) groups is 1. The van der Waals surface area contributed by atoms with Gasteiger partial charge in [0.1, 0.15) is 9.84 Å². The van der Waals surface area contributed by atoms with E-state index in [1.807, 2.05) is 0 Å². The van der Waals surface area contributed by atoms with Crippen molar-refractivity contribution in [1.29, 1.82) is 0 Å². The Balaban J connectivity index is 2.08. The zero-order valence-corrected chi connectivity index (χ0v) is 9.06. The largest absolute Gasteiger partial charge is 0.337 e. The molecule has 0 radical (unpaired) electrons. The number of rotatable bonds is 4. The highest BCUT2D eigenvalue weighted by Crippen LogP contribution is 2.17. The summed E-state index contributed by atoms with van der Waals surface area (Å²) >= 11 is 0. The first-order chi connectivity index (χ1) is 6.47. The first kappa shape index (κ1) is 11.3. The van der Waals surface area contributed by atoms with Crippen molar-refractivity contribution in [1.82, 2.24) is 10.6 Å². The molecule has 6 heteroatoms. The Hall–Kier alpha value is -0.780. The lowest BCUT2D eigenvalue weighted by Crippen LogP contribution is -2.46. The maximum absolute atomic E-state index is 11.1. The van der Waals surface area contributed by atoms with Crippen LogP contribution in [0.2, 0.25) is 0 Å². The van der Waals surface area contributed by atoms with E-state index in [1.165, 1.54) is 0 Å². The SMILES string of the molecule is CS(=O)(=O)CCNC(=O)NC1CCC1. The molecule has 0 aliphatic heterocycles. The highest BCUT2D eigenvalue weighted by atomic mass is 32.2. The molecule has 0 spiro atoms. The van der Waals surface area contributed by atoms with Crippen LogP contribution in [0.15, 0.2) is 0 Å². The molecule has 5 nitrogen and oxygen atoms in total. The van der Waals surface area contributed by atoms with Crippen LogP contribution in [0.4, 0.5) is 4.79 Å². The predicted octanol–water partition coefficient (Wildman–Crippen LogP) is -0.117. The van der Waals surface area contributed by atoms with Gasteiger partial charge >= 0.3 is 6.03 Å². The van der Waals surface area contributed by atoms with Gasteiger partial charge < -0.3 is 10.6 Å². The standard InChI is InChI=1S/C8H16N2O3S/c1-14(12,13)6-5-9-8(11)10-7-3-2-4-7/h7H,2-6H2,1H3,(H2,9,10,11). The number of sulfone groups is 1. The van der Waals surface area contributed by atoms with E-state index >= 15 is 0 Å². The molecule has 1 rings (SSSR count). The normalized spacial score (nSPS) is 17.2. The van der Waals surface area contributed by atoms with Gasteiger partial charge in [-0.05, 0) is 19.3 Å². The van der Waals surface area contributed by atoms with Gasteiger partial charge in [-0.15, -0.1) is 0 Å². The summed E-state index contributed by atoms with van der Waals surface area (Å²) < 4.78 is 21.5. The van der Waals surface area contributed by atoms with E-state index in [0.717, 1.165) is 25.5 Å². The minimum atomic E-state index is -2.98. The third-order valence-electron chi connectivity index (χ3n) is 2.20. The topological polar surface area (TPSA) is 75.3 Å². The number of hydrogen-bond donors (Lipinski definition) is 2. The van der Waals surface area contributed by atoms with Gasteiger partial charge in [0.25, 0.3) is 0 Å². The Morgan fingerprint density at radius 1 is 1.43 bits per heavy atom. The molecule has 1 fully saturated rings. The fourth-order valence-electron chi connectivity index (χ4n) is 1.14. The second kappa shape index (κ2) is 4.63. The van der Waals surface area contributed by atoms with Gasteiger partial charge in [-0.2, -0.15) is 0 Å². The van der Waals surface area contributed by atoms with Crippen LogP contribution in [0.25, 0.3) is 0 Å². The van der Waals surface area contributed by atoms with E-state index in [9.17, 15) is 13.2 Å². The lowest BCUT2D eigenvalue weighted by molar-refractivity contribution is 0.229. The molecule has 0 unspecified atom stereocenters. The number of hydrogen-bond acceptors (Lipinski definition) is 3. The monoisotopic (exact) mass is 220 g/mol. The molecule has 1 aliphatic rings. The Bertz CT molecular complexity index is 296. The number of amides is 2. The second-order valence-corrected chi connectivity index (χ2v) is 5.92. The van der Waals surface area contributed by atoms with Gasteiger partial charge in [0.05, 0.1) is 5.75 Å². The molecule has 82 valence electrons. The summed E-state index contributed by atoms with van der Waals surface area (Å²) in [5.74, 6) is -0.00884. The molecule has 0 aromatic heterocycles. The van der Waals surface area contributed by atoms with Crippen molar-refractivity contribution in [3.63, 3.8) is 0 Å². The summed E-state index contributed by atoms with van der Waals surface area (Å²) in [6.07, 6.45) is 4.37. The second-order valence-electron chi connectivity index (χ2n) is 3.66. The fourth-order valence-corrected chi connectivity index (χ4v) is 1.61. The van der Waals surface area contributed by atoms with Crippen LogP contribution in [0.1, 0.15) is 19.3 Å². The van der Waals surface area contributed by atoms with Gasteiger partial charge in [-0.3, -0.25) is 0 Å². The summed E-state index contributed by atoms with van der Waals surface area (Å²) in [7, 11) is -2.98. The quantitative estimate of drug-likeness (QED) is 0.693. The summed E-state index contributed by atoms with van der Waals surface area (Å²) in [6, 6.07) is 0.0200. The third-order valence-corrected chi connectivity index (χ3v) is 3.14. The summed E-state index contributed by atoms with van der Waals surface area (Å²) in [6.45, 7) is 0.178. The molecular weight excluding hydrogens is 204 g/mol. The Morgan fingerprint density at radius 2 is 2.07 bits per heavy atom. The van der Waals surface area contributed by atoms with E-state index in [0.29, 0.717) is 0 Å². The molecule has 0 aromatic rings. The van der Waals surface area contributed by atoms with E-state index < -0.39 is 9.84 Å². The van der Waals surface area contributed by atoms with Crippen LogP contribution in [-0.2, 0) is 9.84 Å². The highest BCUT2D eigenvalue weighted by Gasteiger charge is 2.18. The molecule has 2 amide bonds. The van der Waals surface area contributed by atoms with Crippen molar-refractivity contribution >= 4 is 15.9 Å². The lowest BCUT2D eigenvalue weighted by atomic mass is 9.93. The maximum Gasteiger partial charge on any atom is 0.315 e. The first-order valence-electron chi connectivity index (χ1n) is 4.69. The van der Waals surface area contributed by atoms with Crippen molar-refractivity contribution in [2.75, 3.05) is 18.6 Å². The molecule has 0 heterocycles. The lowest BCUT2D eigenvalue weighted by Gasteiger charge is -2.26. The minimum absolute atomic E-state index is 0.00884. The molecule has 1 saturated carbocycles. The Labute approximate surface area is 84.2 Å². The molecule has 1 aliphatic carbocycles. The average Bonchev–Trinajstić information content (AvgIpc) is 1.94. The van der Waals surface area contributed by atoms with Gasteiger partial charge in [0.2, 0.25) is 0 Å². The molecule has 0 atom stereocenters. The minimum Gasteiger partial charge on any atom is -0.337 e. The number of nitrogens with one attached hydrogen (secondary N) is 2. The van der Waals surface area contributed by atoms with Crippen molar-refractivity contribution in [2.45, 2.75) is 25.3 Å². The Morgan fingerprint density at radius 3 is 2.50 bits per heavy atom. The Kier molecular flexibility index (Phi) is 3.74. The van der Waals surface area contributed by atoms with E-state index in [1.54, 1.807) is 0 Å². The molecule has 0 aromatic carbocycles. The molecule has 0 saturated heterocycles. The summed E-state index contributed by atoms with van der Waals surface area (Å²) in [5, 5.41) is 5.27. The predicted molar refractivity (Wildman–Crippen MR) is 53.9 cm³/mol. The smallest absolute Gasteiger partial charge is 0.315 e. The van der Waals surface area contributed by atoms with Gasteiger partial charge in [-0.1, -0.05) is 0 Å². The van der Waals surface area contributed by atoms with Crippen LogP contribution < -0.4 is 10.6 Å². The van der Waals surface area contributed by atoms with Crippen molar-refractivity contribution in [2.24, 2.45) is 0 Å². The van der Waals surface area contributed by atoms with E-state index in [2.05, 4.69) is 10.6 Å². The van der Waals surface area contributed by atoms with Gasteiger partial charge in [0, 0.05) is 18.8 Å². The van der Waals surface area contributed by atoms with Gasteiger partial charge in [-0.25, -0.2) is 13.2 Å².